The summed E-state index contributed by atoms with van der Waals surface area (Å²) in [4.78, 5) is 2.61. The van der Waals surface area contributed by atoms with Gasteiger partial charge in [0.15, 0.2) is 0 Å². The first kappa shape index (κ1) is 12.7. The number of anilines is 1. The van der Waals surface area contributed by atoms with Gasteiger partial charge in [-0.3, -0.25) is 4.90 Å². The molecule has 0 spiro atoms. The Kier molecular flexibility index (Phi) is 3.05. The van der Waals surface area contributed by atoms with Crippen LogP contribution in [0.2, 0.25) is 0 Å². The average Bonchev–Trinajstić information content (AvgIpc) is 3.12. The van der Waals surface area contributed by atoms with Crippen molar-refractivity contribution in [2.24, 2.45) is 0 Å². The summed E-state index contributed by atoms with van der Waals surface area (Å²) in [5.74, 6) is 0. The van der Waals surface area contributed by atoms with Crippen LogP contribution in [-0.2, 0) is 0 Å². The molecule has 2 saturated heterocycles. The van der Waals surface area contributed by atoms with E-state index in [-0.39, 0.29) is 0 Å². The van der Waals surface area contributed by atoms with Crippen LogP contribution in [0, 0.1) is 11.3 Å². The largest absolute Gasteiger partial charge is 0.380 e. The van der Waals surface area contributed by atoms with Crippen LogP contribution >= 0.6 is 0 Å². The van der Waals surface area contributed by atoms with Gasteiger partial charge in [0.05, 0.1) is 11.6 Å². The molecule has 2 aromatic carbocycles. The molecule has 0 amide bonds. The van der Waals surface area contributed by atoms with E-state index in [0.717, 1.165) is 16.3 Å². The first-order chi connectivity index (χ1) is 10.4. The molecule has 0 aliphatic carbocycles. The maximum Gasteiger partial charge on any atom is 0.0998 e. The lowest BCUT2D eigenvalue weighted by molar-refractivity contribution is 0.318. The summed E-state index contributed by atoms with van der Waals surface area (Å²) in [7, 11) is 0. The van der Waals surface area contributed by atoms with E-state index in [4.69, 9.17) is 0 Å². The van der Waals surface area contributed by atoms with Crippen molar-refractivity contribution in [3.63, 3.8) is 0 Å². The summed E-state index contributed by atoms with van der Waals surface area (Å²) in [5.41, 5.74) is 1.92. The van der Waals surface area contributed by atoms with Gasteiger partial charge in [0, 0.05) is 35.1 Å². The predicted octanol–water partition coefficient (Wildman–Crippen LogP) is 3.36. The van der Waals surface area contributed by atoms with Crippen LogP contribution < -0.4 is 5.32 Å². The fraction of sp³-hybridized carbons (Fsp3) is 0.389. The second kappa shape index (κ2) is 5.05. The zero-order valence-electron chi connectivity index (χ0n) is 12.0. The molecule has 2 heterocycles. The van der Waals surface area contributed by atoms with Crippen LogP contribution in [0.1, 0.15) is 24.8 Å². The Morgan fingerprint density at radius 1 is 1.05 bits per heavy atom. The molecule has 2 aliphatic rings. The molecule has 2 atom stereocenters. The van der Waals surface area contributed by atoms with Crippen molar-refractivity contribution in [3.05, 3.63) is 42.0 Å². The van der Waals surface area contributed by atoms with Gasteiger partial charge in [-0.1, -0.05) is 24.3 Å². The molecule has 3 heteroatoms. The third-order valence-electron chi connectivity index (χ3n) is 4.99. The number of nitrogens with one attached hydrogen (secondary N) is 1. The number of hydrogen-bond acceptors (Lipinski definition) is 3. The highest BCUT2D eigenvalue weighted by Crippen LogP contribution is 2.33. The maximum atomic E-state index is 9.26. The van der Waals surface area contributed by atoms with E-state index in [9.17, 15) is 5.26 Å². The van der Waals surface area contributed by atoms with Gasteiger partial charge < -0.3 is 5.32 Å². The summed E-state index contributed by atoms with van der Waals surface area (Å²) in [6.45, 7) is 2.48. The monoisotopic (exact) mass is 277 g/mol. The zero-order valence-corrected chi connectivity index (χ0v) is 12.0. The Morgan fingerprint density at radius 3 is 2.76 bits per heavy atom. The van der Waals surface area contributed by atoms with Gasteiger partial charge in [0.2, 0.25) is 0 Å². The average molecular weight is 277 g/mol. The van der Waals surface area contributed by atoms with Gasteiger partial charge in [-0.25, -0.2) is 0 Å². The molecule has 3 nitrogen and oxygen atoms in total. The lowest BCUT2D eigenvalue weighted by Crippen LogP contribution is -2.33. The Bertz CT molecular complexity index is 716. The van der Waals surface area contributed by atoms with E-state index < -0.39 is 0 Å². The summed E-state index contributed by atoms with van der Waals surface area (Å²) in [5, 5.41) is 15.2. The molecule has 2 fully saturated rings. The second-order valence-corrected chi connectivity index (χ2v) is 6.10. The van der Waals surface area contributed by atoms with E-state index >= 15 is 0 Å². The van der Waals surface area contributed by atoms with Crippen molar-refractivity contribution >= 4 is 16.5 Å². The molecule has 106 valence electrons. The first-order valence-corrected chi connectivity index (χ1v) is 7.79. The summed E-state index contributed by atoms with van der Waals surface area (Å²) in [6.07, 6.45) is 3.86. The minimum Gasteiger partial charge on any atom is -0.380 e. The Labute approximate surface area is 125 Å². The quantitative estimate of drug-likeness (QED) is 0.915. The molecule has 2 aliphatic heterocycles. The van der Waals surface area contributed by atoms with Gasteiger partial charge >= 0.3 is 0 Å². The number of hydrogen-bond donors (Lipinski definition) is 1. The Hall–Kier alpha value is -2.05. The Balaban J connectivity index is 1.70. The topological polar surface area (TPSA) is 39.1 Å². The number of nitrogens with zero attached hydrogens (tertiary/aromatic N) is 2. The molecule has 4 rings (SSSR count). The molecule has 0 radical (unpaired) electrons. The van der Waals surface area contributed by atoms with Gasteiger partial charge in [-0.05, 0) is 37.9 Å². The maximum absolute atomic E-state index is 9.26. The fourth-order valence-corrected chi connectivity index (χ4v) is 3.97. The van der Waals surface area contributed by atoms with E-state index in [1.807, 2.05) is 24.3 Å². The summed E-state index contributed by atoms with van der Waals surface area (Å²) >= 11 is 0. The third-order valence-corrected chi connectivity index (χ3v) is 4.99. The second-order valence-electron chi connectivity index (χ2n) is 6.10. The number of rotatable bonds is 2. The van der Waals surface area contributed by atoms with Crippen LogP contribution in [0.3, 0.4) is 0 Å². The molecule has 0 bridgehead atoms. The van der Waals surface area contributed by atoms with Crippen molar-refractivity contribution in [2.75, 3.05) is 18.4 Å². The highest BCUT2D eigenvalue weighted by atomic mass is 15.2. The van der Waals surface area contributed by atoms with Gasteiger partial charge in [0.1, 0.15) is 0 Å². The highest BCUT2D eigenvalue weighted by Gasteiger charge is 2.37. The number of nitriles is 1. The molecule has 0 aromatic heterocycles. The van der Waals surface area contributed by atoms with E-state index in [0.29, 0.717) is 12.1 Å². The molecular formula is C18H19N3. The standard InChI is InChI=1S/C18H19N3/c19-12-13-7-8-16(15-5-2-1-4-14(13)15)20-17-9-11-21-10-3-6-18(17)21/h1-2,4-5,7-8,17-18,20H,3,6,9-11H2. The van der Waals surface area contributed by atoms with Crippen molar-refractivity contribution in [2.45, 2.75) is 31.3 Å². The fourth-order valence-electron chi connectivity index (χ4n) is 3.97. The Morgan fingerprint density at radius 2 is 1.90 bits per heavy atom. The lowest BCUT2D eigenvalue weighted by Gasteiger charge is -2.23. The molecule has 21 heavy (non-hydrogen) atoms. The van der Waals surface area contributed by atoms with Crippen molar-refractivity contribution in [1.82, 2.24) is 4.90 Å². The predicted molar refractivity (Wildman–Crippen MR) is 85.3 cm³/mol. The first-order valence-electron chi connectivity index (χ1n) is 7.79. The minimum atomic E-state index is 0.545. The van der Waals surface area contributed by atoms with Crippen LogP contribution in [0.5, 0.6) is 0 Å². The minimum absolute atomic E-state index is 0.545. The van der Waals surface area contributed by atoms with E-state index in [1.54, 1.807) is 0 Å². The van der Waals surface area contributed by atoms with Gasteiger partial charge in [0.25, 0.3) is 0 Å². The van der Waals surface area contributed by atoms with Crippen LogP contribution in [0.25, 0.3) is 10.8 Å². The molecule has 0 saturated carbocycles. The zero-order chi connectivity index (χ0) is 14.2. The highest BCUT2D eigenvalue weighted by molar-refractivity contribution is 5.97. The van der Waals surface area contributed by atoms with E-state index in [2.05, 4.69) is 28.4 Å². The number of benzene rings is 2. The van der Waals surface area contributed by atoms with Crippen LogP contribution in [0.15, 0.2) is 36.4 Å². The van der Waals surface area contributed by atoms with Crippen LogP contribution in [-0.4, -0.2) is 30.1 Å². The summed E-state index contributed by atoms with van der Waals surface area (Å²) < 4.78 is 0. The third kappa shape index (κ3) is 2.07. The molecule has 1 N–H and O–H groups in total. The molecule has 2 aromatic rings. The van der Waals surface area contributed by atoms with Crippen molar-refractivity contribution < 1.29 is 0 Å². The number of fused-ring (bicyclic) bond motifs is 2. The lowest BCUT2D eigenvalue weighted by atomic mass is 10.0. The van der Waals surface area contributed by atoms with Gasteiger partial charge in [-0.2, -0.15) is 5.26 Å². The van der Waals surface area contributed by atoms with Crippen molar-refractivity contribution in [3.8, 4) is 6.07 Å². The SMILES string of the molecule is N#Cc1ccc(NC2CCN3CCCC23)c2ccccc12. The molecular weight excluding hydrogens is 258 g/mol. The van der Waals surface area contributed by atoms with Crippen molar-refractivity contribution in [1.29, 1.82) is 5.26 Å². The van der Waals surface area contributed by atoms with E-state index in [1.165, 1.54) is 38.0 Å². The smallest absolute Gasteiger partial charge is 0.0998 e. The van der Waals surface area contributed by atoms with Crippen LogP contribution in [0.4, 0.5) is 5.69 Å². The normalized spacial score (nSPS) is 24.9. The summed E-state index contributed by atoms with van der Waals surface area (Å²) in [6, 6.07) is 15.7. The molecule has 2 unspecified atom stereocenters. The van der Waals surface area contributed by atoms with Gasteiger partial charge in [-0.15, -0.1) is 0 Å².